The van der Waals surface area contributed by atoms with E-state index < -0.39 is 48.3 Å². The molecule has 2 aromatic rings. The number of halogens is 2. The molecule has 174 valence electrons. The van der Waals surface area contributed by atoms with Crippen LogP contribution in [-0.2, 0) is 46.1 Å². The van der Waals surface area contributed by atoms with Crippen molar-refractivity contribution in [1.82, 2.24) is 9.44 Å². The number of hydrogen-bond acceptors (Lipinski definition) is 6. The molecule has 0 bridgehead atoms. The first-order valence-corrected chi connectivity index (χ1v) is 16.4. The Bertz CT molecular complexity index is 993. The van der Waals surface area contributed by atoms with Crippen molar-refractivity contribution in [3.05, 3.63) is 60.0 Å². The fraction of sp³-hybridized carbons (Fsp3) is 0.125. The maximum absolute atomic E-state index is 11.4. The van der Waals surface area contributed by atoms with E-state index in [4.69, 9.17) is 30.3 Å². The SMILES string of the molecule is CC(=O)NS(=O)(=O)c1ccc([NH-])cc1.CC(=O)NS(=O)(=O)c1ccc([NH-])cc1.[Cl][Pt+2][Cl]. The predicted molar refractivity (Wildman–Crippen MR) is 115 cm³/mol. The normalized spacial score (nSPS) is 10.6. The number of amides is 2. The quantitative estimate of drug-likeness (QED) is 0.494. The van der Waals surface area contributed by atoms with E-state index in [1.165, 1.54) is 48.5 Å². The molecule has 2 rings (SSSR count). The van der Waals surface area contributed by atoms with E-state index in [1.54, 1.807) is 0 Å². The van der Waals surface area contributed by atoms with Gasteiger partial charge in [0.1, 0.15) is 0 Å². The van der Waals surface area contributed by atoms with Crippen molar-refractivity contribution in [2.75, 3.05) is 0 Å². The van der Waals surface area contributed by atoms with Crippen LogP contribution in [-0.4, -0.2) is 28.6 Å². The summed E-state index contributed by atoms with van der Waals surface area (Å²) in [5, 5.41) is 0. The molecule has 2 aromatic carbocycles. The topological polar surface area (TPSA) is 174 Å². The van der Waals surface area contributed by atoms with Crippen LogP contribution in [0.4, 0.5) is 11.4 Å². The van der Waals surface area contributed by atoms with Gasteiger partial charge in [-0.2, -0.15) is 0 Å². The van der Waals surface area contributed by atoms with Gasteiger partial charge in [-0.25, -0.2) is 26.3 Å². The van der Waals surface area contributed by atoms with Gasteiger partial charge in [0.2, 0.25) is 11.8 Å². The number of nitrogens with one attached hydrogen (secondary N) is 4. The summed E-state index contributed by atoms with van der Waals surface area (Å²) in [5.74, 6) is -1.28. The van der Waals surface area contributed by atoms with Crippen molar-refractivity contribution in [2.45, 2.75) is 23.6 Å². The number of sulfonamides is 2. The third-order valence-electron chi connectivity index (χ3n) is 2.89. The van der Waals surface area contributed by atoms with Crippen LogP contribution in [0.15, 0.2) is 58.3 Å². The van der Waals surface area contributed by atoms with E-state index in [9.17, 15) is 26.4 Å². The van der Waals surface area contributed by atoms with Gasteiger partial charge in [0.05, 0.1) is 9.79 Å². The summed E-state index contributed by atoms with van der Waals surface area (Å²) in [7, 11) is 2.23. The molecule has 0 atom stereocenters. The average molecular weight is 692 g/mol. The van der Waals surface area contributed by atoms with E-state index >= 15 is 0 Å². The zero-order valence-corrected chi connectivity index (χ0v) is 21.4. The Morgan fingerprint density at radius 3 is 1.13 bits per heavy atom. The maximum atomic E-state index is 11.4. The van der Waals surface area contributed by atoms with Crippen LogP contribution in [0.1, 0.15) is 13.8 Å². The Hall–Kier alpha value is -1.85. The number of benzene rings is 2. The van der Waals surface area contributed by atoms with Gasteiger partial charge in [0.25, 0.3) is 20.0 Å². The van der Waals surface area contributed by atoms with E-state index in [1.807, 2.05) is 9.44 Å². The van der Waals surface area contributed by atoms with Crippen molar-refractivity contribution in [2.24, 2.45) is 0 Å². The van der Waals surface area contributed by atoms with Gasteiger partial charge in [-0.15, -0.1) is 11.4 Å². The van der Waals surface area contributed by atoms with Crippen LogP contribution >= 0.6 is 18.8 Å². The first kappa shape index (κ1) is 29.1. The molecule has 31 heavy (non-hydrogen) atoms. The van der Waals surface area contributed by atoms with Crippen molar-refractivity contribution < 1.29 is 42.9 Å². The van der Waals surface area contributed by atoms with E-state index in [0.717, 1.165) is 13.8 Å². The van der Waals surface area contributed by atoms with Gasteiger partial charge in [0.15, 0.2) is 0 Å². The van der Waals surface area contributed by atoms with E-state index in [0.29, 0.717) is 0 Å². The van der Waals surface area contributed by atoms with Crippen LogP contribution in [0.3, 0.4) is 0 Å². The molecule has 0 aliphatic heterocycles. The number of carbonyl (C=O) groups excluding carboxylic acids is 2. The van der Waals surface area contributed by atoms with Crippen molar-refractivity contribution in [3.63, 3.8) is 0 Å². The Labute approximate surface area is 197 Å². The van der Waals surface area contributed by atoms with Gasteiger partial charge in [-0.05, 0) is 24.3 Å². The fourth-order valence-electron chi connectivity index (χ4n) is 1.76. The summed E-state index contributed by atoms with van der Waals surface area (Å²) >= 11 is -0.472. The van der Waals surface area contributed by atoms with Crippen LogP contribution in [0.5, 0.6) is 0 Å². The van der Waals surface area contributed by atoms with Crippen LogP contribution in [0.2, 0.25) is 0 Å². The zero-order valence-electron chi connectivity index (χ0n) is 16.0. The molecule has 0 radical (unpaired) electrons. The van der Waals surface area contributed by atoms with Gasteiger partial charge in [0, 0.05) is 13.8 Å². The Kier molecular flexibility index (Phi) is 12.7. The molecule has 0 unspecified atom stereocenters. The minimum absolute atomic E-state index is 0.0244. The third kappa shape index (κ3) is 11.9. The molecule has 0 saturated carbocycles. The first-order chi connectivity index (χ1) is 14.2. The third-order valence-corrected chi connectivity index (χ3v) is 5.78. The molecule has 0 aliphatic carbocycles. The molecular formula is C16H18Cl2N4O6PtS2. The van der Waals surface area contributed by atoms with E-state index in [2.05, 4.69) is 0 Å². The van der Waals surface area contributed by atoms with Crippen LogP contribution < -0.4 is 9.44 Å². The summed E-state index contributed by atoms with van der Waals surface area (Å²) in [6, 6.07) is 10.5. The number of carbonyl (C=O) groups is 2. The van der Waals surface area contributed by atoms with Crippen LogP contribution in [0, 0.1) is 0 Å². The Balaban J connectivity index is 0.000000516. The van der Waals surface area contributed by atoms with Crippen LogP contribution in [0.25, 0.3) is 11.5 Å². The second kappa shape index (κ2) is 13.5. The molecule has 4 N–H and O–H groups in total. The minimum atomic E-state index is -3.76. The predicted octanol–water partition coefficient (Wildman–Crippen LogP) is 3.77. The Morgan fingerprint density at radius 2 is 0.935 bits per heavy atom. The molecule has 0 aromatic heterocycles. The number of rotatable bonds is 4. The molecule has 2 amide bonds. The van der Waals surface area contributed by atoms with E-state index in [-0.39, 0.29) is 21.2 Å². The zero-order chi connectivity index (χ0) is 24.2. The second-order valence-electron chi connectivity index (χ2n) is 5.42. The standard InChI is InChI=1S/2C8H9N2O3S.2ClH.Pt/c2*1-6(11)10-14(12,13)8-4-2-7(9)3-5-8;;;/h2*2-5,9H,1H3,(H,10,11);2*1H;/q2*-1;;;+4/p-2. The van der Waals surface area contributed by atoms with Crippen molar-refractivity contribution >= 4 is 62.1 Å². The molecule has 10 nitrogen and oxygen atoms in total. The molecular weight excluding hydrogens is 674 g/mol. The van der Waals surface area contributed by atoms with Gasteiger partial charge < -0.3 is 11.5 Å². The molecule has 0 saturated heterocycles. The fourth-order valence-corrected chi connectivity index (χ4v) is 3.75. The Morgan fingerprint density at radius 1 is 0.710 bits per heavy atom. The molecule has 0 fully saturated rings. The molecule has 0 spiro atoms. The van der Waals surface area contributed by atoms with Gasteiger partial charge >= 0.3 is 35.3 Å². The summed E-state index contributed by atoms with van der Waals surface area (Å²) in [4.78, 5) is 21.1. The summed E-state index contributed by atoms with van der Waals surface area (Å²) in [6.45, 7) is 2.24. The van der Waals surface area contributed by atoms with Crippen molar-refractivity contribution in [1.29, 1.82) is 0 Å². The number of hydrogen-bond donors (Lipinski definition) is 2. The van der Waals surface area contributed by atoms with Crippen molar-refractivity contribution in [3.8, 4) is 0 Å². The molecule has 0 aliphatic rings. The summed E-state index contributed by atoms with van der Waals surface area (Å²) in [6.07, 6.45) is 0. The summed E-state index contributed by atoms with van der Waals surface area (Å²) in [5.41, 5.74) is 14.7. The molecule has 0 heterocycles. The molecule has 15 heteroatoms. The first-order valence-electron chi connectivity index (χ1n) is 7.77. The average Bonchev–Trinajstić information content (AvgIpc) is 2.61. The monoisotopic (exact) mass is 691 g/mol. The summed E-state index contributed by atoms with van der Waals surface area (Å²) < 4.78 is 49.1. The second-order valence-corrected chi connectivity index (χ2v) is 12.1. The van der Waals surface area contributed by atoms with Gasteiger partial charge in [-0.1, -0.05) is 24.3 Å². The van der Waals surface area contributed by atoms with Gasteiger partial charge in [-0.3, -0.25) is 9.59 Å².